The van der Waals surface area contributed by atoms with Gasteiger partial charge in [0.1, 0.15) is 5.82 Å². The van der Waals surface area contributed by atoms with Crippen molar-refractivity contribution in [2.45, 2.75) is 32.2 Å². The van der Waals surface area contributed by atoms with E-state index in [0.29, 0.717) is 19.5 Å². The number of para-hydroxylation sites is 1. The quantitative estimate of drug-likeness (QED) is 0.910. The molecule has 1 N–H and O–H groups in total. The highest BCUT2D eigenvalue weighted by Crippen LogP contribution is 2.50. The van der Waals surface area contributed by atoms with Crippen LogP contribution in [0, 0.1) is 12.8 Å². The molecule has 1 atom stereocenters. The molecule has 1 aliphatic carbocycles. The number of nitrogens with one attached hydrogen (secondary N) is 1. The Morgan fingerprint density at radius 1 is 1.45 bits per heavy atom. The Hall–Kier alpha value is -1.49. The van der Waals surface area contributed by atoms with Crippen LogP contribution in [0.5, 0.6) is 0 Å². The van der Waals surface area contributed by atoms with Crippen LogP contribution in [0.25, 0.3) is 11.0 Å². The van der Waals surface area contributed by atoms with Crippen LogP contribution in [0.4, 0.5) is 8.78 Å². The summed E-state index contributed by atoms with van der Waals surface area (Å²) in [7, 11) is 1.95. The summed E-state index contributed by atoms with van der Waals surface area (Å²) in [5.74, 6) is -1.93. The Morgan fingerprint density at radius 3 is 2.85 bits per heavy atom. The minimum absolute atomic E-state index is 0.0602. The first-order valence-electron chi connectivity index (χ1n) is 6.96. The molecule has 1 saturated carbocycles. The van der Waals surface area contributed by atoms with Crippen molar-refractivity contribution < 1.29 is 8.78 Å². The average Bonchev–Trinajstić information content (AvgIpc) is 2.80. The first-order valence-corrected chi connectivity index (χ1v) is 6.96. The Labute approximate surface area is 117 Å². The molecule has 5 heteroatoms. The summed E-state index contributed by atoms with van der Waals surface area (Å²) in [5.41, 5.74) is 3.16. The van der Waals surface area contributed by atoms with Crippen molar-refractivity contribution in [3.05, 3.63) is 29.6 Å². The zero-order chi connectivity index (χ0) is 14.3. The molecular formula is C15H19F2N3. The molecule has 20 heavy (non-hydrogen) atoms. The molecule has 1 aromatic carbocycles. The van der Waals surface area contributed by atoms with Gasteiger partial charge in [0.05, 0.1) is 17.6 Å². The molecule has 0 bridgehead atoms. The van der Waals surface area contributed by atoms with Crippen LogP contribution in [0.1, 0.15) is 24.2 Å². The number of benzene rings is 1. The second-order valence-corrected chi connectivity index (χ2v) is 5.84. The second kappa shape index (κ2) is 4.81. The molecule has 0 spiro atoms. The number of H-pyrrole nitrogens is 1. The molecule has 1 heterocycles. The zero-order valence-electron chi connectivity index (χ0n) is 11.8. The van der Waals surface area contributed by atoms with Gasteiger partial charge in [-0.05, 0) is 38.6 Å². The predicted octanol–water partition coefficient (Wildman–Crippen LogP) is 3.35. The van der Waals surface area contributed by atoms with Gasteiger partial charge in [-0.1, -0.05) is 12.1 Å². The van der Waals surface area contributed by atoms with E-state index in [1.54, 1.807) is 0 Å². The minimum Gasteiger partial charge on any atom is -0.341 e. The third-order valence-corrected chi connectivity index (χ3v) is 4.00. The van der Waals surface area contributed by atoms with Gasteiger partial charge >= 0.3 is 0 Å². The fourth-order valence-corrected chi connectivity index (χ4v) is 2.60. The molecule has 1 aromatic heterocycles. The molecule has 0 aliphatic heterocycles. The Kier molecular flexibility index (Phi) is 3.24. The van der Waals surface area contributed by atoms with Crippen molar-refractivity contribution in [2.75, 3.05) is 13.6 Å². The molecule has 1 fully saturated rings. The smallest absolute Gasteiger partial charge is 0.251 e. The van der Waals surface area contributed by atoms with Crippen molar-refractivity contribution >= 4 is 11.0 Å². The van der Waals surface area contributed by atoms with Gasteiger partial charge in [-0.2, -0.15) is 0 Å². The molecule has 1 unspecified atom stereocenters. The largest absolute Gasteiger partial charge is 0.341 e. The first-order chi connectivity index (χ1) is 9.45. The van der Waals surface area contributed by atoms with Crippen LogP contribution in [0.2, 0.25) is 0 Å². The highest BCUT2D eigenvalue weighted by atomic mass is 19.3. The summed E-state index contributed by atoms with van der Waals surface area (Å²) in [6.45, 7) is 3.37. The van der Waals surface area contributed by atoms with E-state index in [4.69, 9.17) is 0 Å². The number of halogens is 2. The number of aromatic nitrogens is 2. The van der Waals surface area contributed by atoms with Gasteiger partial charge < -0.3 is 4.98 Å². The molecule has 108 valence electrons. The number of hydrogen-bond donors (Lipinski definition) is 1. The lowest BCUT2D eigenvalue weighted by Crippen LogP contribution is -2.20. The normalized spacial score (nSPS) is 20.8. The molecule has 2 aromatic rings. The molecule has 0 saturated heterocycles. The molecule has 3 nitrogen and oxygen atoms in total. The van der Waals surface area contributed by atoms with Crippen LogP contribution in [-0.2, 0) is 6.54 Å². The van der Waals surface area contributed by atoms with Gasteiger partial charge in [0.2, 0.25) is 0 Å². The van der Waals surface area contributed by atoms with Gasteiger partial charge in [0.15, 0.2) is 0 Å². The predicted molar refractivity (Wildman–Crippen MR) is 74.8 cm³/mol. The van der Waals surface area contributed by atoms with Gasteiger partial charge in [0.25, 0.3) is 5.92 Å². The molecule has 1 aliphatic rings. The fourth-order valence-electron chi connectivity index (χ4n) is 2.60. The lowest BCUT2D eigenvalue weighted by atomic mass is 10.2. The number of nitrogens with zero attached hydrogens (tertiary/aromatic N) is 2. The van der Waals surface area contributed by atoms with Crippen LogP contribution in [0.15, 0.2) is 18.2 Å². The molecule has 0 radical (unpaired) electrons. The van der Waals surface area contributed by atoms with Crippen molar-refractivity contribution in [3.63, 3.8) is 0 Å². The lowest BCUT2D eigenvalue weighted by Gasteiger charge is -2.14. The topological polar surface area (TPSA) is 31.9 Å². The SMILES string of the molecule is Cc1cccc2[nH]c(CN(C)CCC3CC3(F)F)nc12. The van der Waals surface area contributed by atoms with Gasteiger partial charge in [-0.3, -0.25) is 4.90 Å². The summed E-state index contributed by atoms with van der Waals surface area (Å²) in [4.78, 5) is 9.91. The Balaban J connectivity index is 1.60. The van der Waals surface area contributed by atoms with E-state index in [-0.39, 0.29) is 6.42 Å². The molecular weight excluding hydrogens is 260 g/mol. The summed E-state index contributed by atoms with van der Waals surface area (Å²) < 4.78 is 25.6. The number of aryl methyl sites for hydroxylation is 1. The van der Waals surface area contributed by atoms with Gasteiger partial charge in [-0.25, -0.2) is 13.8 Å². The number of imidazole rings is 1. The number of aromatic amines is 1. The maximum Gasteiger partial charge on any atom is 0.251 e. The monoisotopic (exact) mass is 279 g/mol. The average molecular weight is 279 g/mol. The van der Waals surface area contributed by atoms with Crippen molar-refractivity contribution in [3.8, 4) is 0 Å². The summed E-state index contributed by atoms with van der Waals surface area (Å²) in [6.07, 6.45) is 0.618. The van der Waals surface area contributed by atoms with Crippen LogP contribution >= 0.6 is 0 Å². The number of hydrogen-bond acceptors (Lipinski definition) is 2. The van der Waals surface area contributed by atoms with E-state index >= 15 is 0 Å². The Bertz CT molecular complexity index is 621. The Morgan fingerprint density at radius 2 is 2.20 bits per heavy atom. The number of alkyl halides is 2. The third-order valence-electron chi connectivity index (χ3n) is 4.00. The van der Waals surface area contributed by atoms with E-state index in [9.17, 15) is 8.78 Å². The van der Waals surface area contributed by atoms with Crippen LogP contribution in [0.3, 0.4) is 0 Å². The molecule has 3 rings (SSSR count). The lowest BCUT2D eigenvalue weighted by molar-refractivity contribution is 0.0943. The maximum absolute atomic E-state index is 12.8. The van der Waals surface area contributed by atoms with E-state index in [1.165, 1.54) is 0 Å². The molecule has 0 amide bonds. The van der Waals surface area contributed by atoms with E-state index in [2.05, 4.69) is 9.97 Å². The van der Waals surface area contributed by atoms with E-state index in [1.807, 2.05) is 37.1 Å². The van der Waals surface area contributed by atoms with Crippen molar-refractivity contribution in [1.29, 1.82) is 0 Å². The van der Waals surface area contributed by atoms with E-state index in [0.717, 1.165) is 22.4 Å². The first kappa shape index (κ1) is 13.5. The zero-order valence-corrected chi connectivity index (χ0v) is 11.8. The third kappa shape index (κ3) is 2.68. The van der Waals surface area contributed by atoms with Gasteiger partial charge in [-0.15, -0.1) is 0 Å². The highest BCUT2D eigenvalue weighted by molar-refractivity contribution is 5.78. The van der Waals surface area contributed by atoms with Crippen molar-refractivity contribution in [1.82, 2.24) is 14.9 Å². The summed E-state index contributed by atoms with van der Waals surface area (Å²) in [6, 6.07) is 6.04. The number of fused-ring (bicyclic) bond motifs is 1. The van der Waals surface area contributed by atoms with Crippen LogP contribution < -0.4 is 0 Å². The summed E-state index contributed by atoms with van der Waals surface area (Å²) in [5, 5.41) is 0. The summed E-state index contributed by atoms with van der Waals surface area (Å²) >= 11 is 0. The fraction of sp³-hybridized carbons (Fsp3) is 0.533. The minimum atomic E-state index is -2.41. The highest BCUT2D eigenvalue weighted by Gasteiger charge is 2.55. The second-order valence-electron chi connectivity index (χ2n) is 5.84. The standard InChI is InChI=1S/C15H19F2N3/c1-10-4-3-5-12-14(10)19-13(18-12)9-20(2)7-6-11-8-15(11,16)17/h3-5,11H,6-9H2,1-2H3,(H,18,19). The van der Waals surface area contributed by atoms with E-state index < -0.39 is 11.8 Å². The maximum atomic E-state index is 12.8. The number of rotatable bonds is 5. The van der Waals surface area contributed by atoms with Gasteiger partial charge in [0, 0.05) is 12.3 Å². The van der Waals surface area contributed by atoms with Crippen molar-refractivity contribution in [2.24, 2.45) is 5.92 Å². The van der Waals surface area contributed by atoms with Crippen LogP contribution in [-0.4, -0.2) is 34.4 Å².